The van der Waals surface area contributed by atoms with Gasteiger partial charge in [0.1, 0.15) is 22.3 Å². The number of hydrogen-bond donors (Lipinski definition) is 2. The van der Waals surface area contributed by atoms with E-state index in [9.17, 15) is 0 Å². The van der Waals surface area contributed by atoms with Crippen molar-refractivity contribution >= 4 is 34.3 Å². The number of thiazole rings is 1. The van der Waals surface area contributed by atoms with Crippen molar-refractivity contribution < 1.29 is 0 Å². The summed E-state index contributed by atoms with van der Waals surface area (Å²) in [4.78, 5) is 14.8. The van der Waals surface area contributed by atoms with E-state index in [1.54, 1.807) is 28.9 Å². The highest BCUT2D eigenvalue weighted by atomic mass is 32.1. The van der Waals surface area contributed by atoms with Crippen LogP contribution in [0, 0.1) is 0 Å². The third-order valence-corrected chi connectivity index (χ3v) is 5.67. The van der Waals surface area contributed by atoms with Gasteiger partial charge in [0, 0.05) is 35.7 Å². The summed E-state index contributed by atoms with van der Waals surface area (Å²) < 4.78 is 0. The molecule has 4 aromatic rings. The molecule has 27 heavy (non-hydrogen) atoms. The van der Waals surface area contributed by atoms with Crippen molar-refractivity contribution in [2.45, 2.75) is 13.0 Å². The first-order valence-electron chi connectivity index (χ1n) is 8.69. The number of thiophene rings is 1. The minimum Gasteiger partial charge on any atom is -0.325 e. The maximum atomic E-state index is 4.60. The van der Waals surface area contributed by atoms with E-state index >= 15 is 0 Å². The quantitative estimate of drug-likeness (QED) is 0.424. The lowest BCUT2D eigenvalue weighted by atomic mass is 10.2. The zero-order chi connectivity index (χ0) is 18.3. The molecule has 4 rings (SSSR count). The van der Waals surface area contributed by atoms with Crippen LogP contribution in [-0.2, 0) is 13.0 Å². The van der Waals surface area contributed by atoms with Gasteiger partial charge in [-0.15, -0.1) is 22.7 Å². The summed E-state index contributed by atoms with van der Waals surface area (Å²) in [7, 11) is 0. The molecule has 0 amide bonds. The molecule has 0 aliphatic carbocycles. The molecule has 136 valence electrons. The van der Waals surface area contributed by atoms with Crippen LogP contribution in [0.2, 0.25) is 0 Å². The summed E-state index contributed by atoms with van der Waals surface area (Å²) in [5, 5.41) is 11.7. The van der Waals surface area contributed by atoms with Gasteiger partial charge in [-0.25, -0.2) is 15.0 Å². The first-order valence-corrected chi connectivity index (χ1v) is 10.4. The molecule has 0 unspecified atom stereocenters. The van der Waals surface area contributed by atoms with Gasteiger partial charge in [-0.3, -0.25) is 0 Å². The van der Waals surface area contributed by atoms with Crippen molar-refractivity contribution in [2.75, 3.05) is 11.9 Å². The summed E-state index contributed by atoms with van der Waals surface area (Å²) in [6, 6.07) is 14.2. The van der Waals surface area contributed by atoms with Crippen molar-refractivity contribution in [3.05, 3.63) is 76.1 Å². The van der Waals surface area contributed by atoms with Crippen LogP contribution in [0.1, 0.15) is 10.4 Å². The standard InChI is InChI=1S/C20H19N5S2/c1-4-17(20-22-10-12-27-20)24-19(5-1)25-18-7-6-15(14-23-18)13-21-9-8-16-3-2-11-26-16/h1-7,10-12,14,21H,8-9,13H2,(H,23,24,25). The number of aromatic nitrogens is 3. The minimum atomic E-state index is 0.761. The van der Waals surface area contributed by atoms with Crippen LogP contribution in [0.25, 0.3) is 10.7 Å². The molecular weight excluding hydrogens is 374 g/mol. The topological polar surface area (TPSA) is 62.7 Å². The SMILES string of the molecule is c1cc(Nc2ccc(CNCCc3cccs3)cn2)nc(-c2nccs2)c1. The maximum absolute atomic E-state index is 4.60. The lowest BCUT2D eigenvalue weighted by Gasteiger charge is -2.08. The average molecular weight is 394 g/mol. The Hall–Kier alpha value is -2.61. The van der Waals surface area contributed by atoms with E-state index in [0.717, 1.165) is 47.4 Å². The second kappa shape index (κ2) is 8.85. The number of nitrogens with zero attached hydrogens (tertiary/aromatic N) is 3. The zero-order valence-corrected chi connectivity index (χ0v) is 16.3. The van der Waals surface area contributed by atoms with E-state index in [4.69, 9.17) is 0 Å². The predicted octanol–water partition coefficient (Wildman–Crippen LogP) is 4.74. The van der Waals surface area contributed by atoms with E-state index in [-0.39, 0.29) is 0 Å². The third kappa shape index (κ3) is 4.97. The first kappa shape index (κ1) is 17.8. The van der Waals surface area contributed by atoms with Crippen LogP contribution in [-0.4, -0.2) is 21.5 Å². The number of nitrogens with one attached hydrogen (secondary N) is 2. The van der Waals surface area contributed by atoms with Crippen molar-refractivity contribution in [1.82, 2.24) is 20.3 Å². The van der Waals surface area contributed by atoms with Gasteiger partial charge in [0.15, 0.2) is 0 Å². The monoisotopic (exact) mass is 393 g/mol. The Morgan fingerprint density at radius 3 is 2.67 bits per heavy atom. The molecule has 5 nitrogen and oxygen atoms in total. The van der Waals surface area contributed by atoms with E-state index in [1.807, 2.05) is 35.8 Å². The average Bonchev–Trinajstić information content (AvgIpc) is 3.41. The summed E-state index contributed by atoms with van der Waals surface area (Å²) in [5.74, 6) is 1.54. The Kier molecular flexibility index (Phi) is 5.83. The highest BCUT2D eigenvalue weighted by Gasteiger charge is 2.04. The molecule has 0 spiro atoms. The molecule has 0 bridgehead atoms. The number of hydrogen-bond acceptors (Lipinski definition) is 7. The molecule has 0 fully saturated rings. The van der Waals surface area contributed by atoms with Crippen LogP contribution in [0.5, 0.6) is 0 Å². The van der Waals surface area contributed by atoms with Crippen molar-refractivity contribution in [2.24, 2.45) is 0 Å². The molecule has 0 radical (unpaired) electrons. The van der Waals surface area contributed by atoms with Gasteiger partial charge in [0.2, 0.25) is 0 Å². The number of pyridine rings is 2. The Morgan fingerprint density at radius 2 is 1.89 bits per heavy atom. The molecule has 0 aliphatic heterocycles. The van der Waals surface area contributed by atoms with E-state index in [2.05, 4.69) is 49.2 Å². The Balaban J connectivity index is 1.31. The molecule has 0 aromatic carbocycles. The predicted molar refractivity (Wildman–Crippen MR) is 113 cm³/mol. The smallest absolute Gasteiger partial charge is 0.141 e. The largest absolute Gasteiger partial charge is 0.325 e. The Bertz CT molecular complexity index is 950. The molecule has 7 heteroatoms. The van der Waals surface area contributed by atoms with Crippen LogP contribution in [0.3, 0.4) is 0 Å². The van der Waals surface area contributed by atoms with Gasteiger partial charge in [0.05, 0.1) is 0 Å². The second-order valence-corrected chi connectivity index (χ2v) is 7.85. The van der Waals surface area contributed by atoms with Crippen molar-refractivity contribution in [3.8, 4) is 10.7 Å². The highest BCUT2D eigenvalue weighted by Crippen LogP contribution is 2.22. The fourth-order valence-electron chi connectivity index (χ4n) is 2.61. The molecule has 0 atom stereocenters. The first-order chi connectivity index (χ1) is 13.4. The summed E-state index contributed by atoms with van der Waals surface area (Å²) in [5.41, 5.74) is 2.03. The highest BCUT2D eigenvalue weighted by molar-refractivity contribution is 7.13. The fourth-order valence-corrected chi connectivity index (χ4v) is 3.92. The fraction of sp³-hybridized carbons (Fsp3) is 0.150. The van der Waals surface area contributed by atoms with Crippen LogP contribution >= 0.6 is 22.7 Å². The maximum Gasteiger partial charge on any atom is 0.141 e. The lowest BCUT2D eigenvalue weighted by Crippen LogP contribution is -2.16. The third-order valence-electron chi connectivity index (χ3n) is 3.94. The summed E-state index contributed by atoms with van der Waals surface area (Å²) >= 11 is 3.38. The molecule has 4 heterocycles. The summed E-state index contributed by atoms with van der Waals surface area (Å²) in [6.45, 7) is 1.78. The van der Waals surface area contributed by atoms with Crippen LogP contribution in [0.4, 0.5) is 11.6 Å². The second-order valence-electron chi connectivity index (χ2n) is 5.93. The zero-order valence-electron chi connectivity index (χ0n) is 14.6. The normalized spacial score (nSPS) is 10.8. The van der Waals surface area contributed by atoms with E-state index in [0.29, 0.717) is 0 Å². The molecule has 0 saturated heterocycles. The van der Waals surface area contributed by atoms with Crippen molar-refractivity contribution in [1.29, 1.82) is 0 Å². The Morgan fingerprint density at radius 1 is 0.889 bits per heavy atom. The lowest BCUT2D eigenvalue weighted by molar-refractivity contribution is 0.689. The molecule has 0 aliphatic rings. The number of anilines is 2. The Labute approximate surface area is 166 Å². The van der Waals surface area contributed by atoms with Gasteiger partial charge >= 0.3 is 0 Å². The molecule has 0 saturated carbocycles. The van der Waals surface area contributed by atoms with Crippen LogP contribution < -0.4 is 10.6 Å². The van der Waals surface area contributed by atoms with E-state index in [1.165, 1.54) is 4.88 Å². The van der Waals surface area contributed by atoms with Gasteiger partial charge in [0.25, 0.3) is 0 Å². The molecule has 4 aromatic heterocycles. The molecular formula is C20H19N5S2. The number of rotatable bonds is 8. The van der Waals surface area contributed by atoms with Gasteiger partial charge in [-0.1, -0.05) is 18.2 Å². The van der Waals surface area contributed by atoms with Crippen LogP contribution in [0.15, 0.2) is 65.6 Å². The van der Waals surface area contributed by atoms with Gasteiger partial charge < -0.3 is 10.6 Å². The van der Waals surface area contributed by atoms with Gasteiger partial charge in [-0.2, -0.15) is 0 Å². The van der Waals surface area contributed by atoms with E-state index < -0.39 is 0 Å². The van der Waals surface area contributed by atoms with Crippen molar-refractivity contribution in [3.63, 3.8) is 0 Å². The summed E-state index contributed by atoms with van der Waals surface area (Å²) in [6.07, 6.45) is 4.74. The minimum absolute atomic E-state index is 0.761. The van der Waals surface area contributed by atoms with Gasteiger partial charge in [-0.05, 0) is 41.6 Å². The molecule has 2 N–H and O–H groups in total.